The minimum Gasteiger partial charge on any atom is -0.307 e. The van der Waals surface area contributed by atoms with Gasteiger partial charge in [-0.2, -0.15) is 0 Å². The largest absolute Gasteiger partial charge is 0.307 e. The number of amides is 1. The minimum atomic E-state index is -3.07. The van der Waals surface area contributed by atoms with E-state index in [9.17, 15) is 13.2 Å². The molecule has 2 heterocycles. The van der Waals surface area contributed by atoms with Crippen molar-refractivity contribution in [1.29, 1.82) is 0 Å². The Hall–Kier alpha value is -1.89. The summed E-state index contributed by atoms with van der Waals surface area (Å²) in [6, 6.07) is 8.22. The van der Waals surface area contributed by atoms with Gasteiger partial charge in [0, 0.05) is 6.04 Å². The lowest BCUT2D eigenvalue weighted by Gasteiger charge is -2.17. The molecule has 2 fully saturated rings. The summed E-state index contributed by atoms with van der Waals surface area (Å²) in [7, 11) is -3.07. The first-order valence-electron chi connectivity index (χ1n) is 8.52. The van der Waals surface area contributed by atoms with Gasteiger partial charge in [-0.05, 0) is 31.4 Å². The molecule has 6 nitrogen and oxygen atoms in total. The number of para-hydroxylation sites is 2. The van der Waals surface area contributed by atoms with Crippen molar-refractivity contribution in [1.82, 2.24) is 9.55 Å². The molecule has 128 valence electrons. The lowest BCUT2D eigenvalue weighted by Crippen LogP contribution is -2.26. The highest BCUT2D eigenvalue weighted by molar-refractivity contribution is 7.91. The maximum absolute atomic E-state index is 12.5. The van der Waals surface area contributed by atoms with Crippen LogP contribution in [0.2, 0.25) is 0 Å². The molecule has 1 saturated carbocycles. The van der Waals surface area contributed by atoms with Gasteiger partial charge in [0.1, 0.15) is 0 Å². The molecule has 2 aromatic rings. The lowest BCUT2D eigenvalue weighted by atomic mass is 10.1. The first-order valence-corrected chi connectivity index (χ1v) is 10.3. The van der Waals surface area contributed by atoms with Crippen LogP contribution in [0.25, 0.3) is 11.0 Å². The second kappa shape index (κ2) is 5.88. The van der Waals surface area contributed by atoms with Gasteiger partial charge in [0.05, 0.1) is 28.5 Å². The number of nitrogens with zero attached hydrogens (tertiary/aromatic N) is 2. The van der Waals surface area contributed by atoms with Crippen LogP contribution < -0.4 is 5.32 Å². The fraction of sp³-hybridized carbons (Fsp3) is 0.529. The predicted octanol–water partition coefficient (Wildman–Crippen LogP) is 2.52. The number of benzene rings is 1. The zero-order chi connectivity index (χ0) is 16.7. The van der Waals surface area contributed by atoms with E-state index in [-0.39, 0.29) is 17.4 Å². The van der Waals surface area contributed by atoms with Crippen molar-refractivity contribution < 1.29 is 13.2 Å². The summed E-state index contributed by atoms with van der Waals surface area (Å²) in [4.78, 5) is 17.1. The highest BCUT2D eigenvalue weighted by Crippen LogP contribution is 2.35. The van der Waals surface area contributed by atoms with Crippen molar-refractivity contribution in [3.8, 4) is 0 Å². The highest BCUT2D eigenvalue weighted by Gasteiger charge is 2.34. The van der Waals surface area contributed by atoms with Gasteiger partial charge in [-0.1, -0.05) is 25.0 Å². The van der Waals surface area contributed by atoms with Crippen LogP contribution in [0.4, 0.5) is 5.95 Å². The molecule has 7 heteroatoms. The van der Waals surface area contributed by atoms with E-state index in [4.69, 9.17) is 0 Å². The zero-order valence-electron chi connectivity index (χ0n) is 13.4. The predicted molar refractivity (Wildman–Crippen MR) is 92.6 cm³/mol. The van der Waals surface area contributed by atoms with E-state index in [1.165, 1.54) is 12.8 Å². The van der Waals surface area contributed by atoms with Gasteiger partial charge in [-0.25, -0.2) is 13.4 Å². The summed E-state index contributed by atoms with van der Waals surface area (Å²) in [5.74, 6) is -0.0954. The zero-order valence-corrected chi connectivity index (χ0v) is 14.3. The van der Waals surface area contributed by atoms with Crippen LogP contribution >= 0.6 is 0 Å². The quantitative estimate of drug-likeness (QED) is 0.925. The van der Waals surface area contributed by atoms with Gasteiger partial charge >= 0.3 is 0 Å². The number of rotatable bonds is 3. The average molecular weight is 347 g/mol. The van der Waals surface area contributed by atoms with E-state index in [2.05, 4.69) is 14.9 Å². The van der Waals surface area contributed by atoms with Crippen molar-refractivity contribution >= 4 is 32.7 Å². The van der Waals surface area contributed by atoms with Crippen LogP contribution in [-0.2, 0) is 14.6 Å². The summed E-state index contributed by atoms with van der Waals surface area (Å²) in [6.07, 6.45) is 4.94. The molecule has 0 spiro atoms. The van der Waals surface area contributed by atoms with E-state index in [1.54, 1.807) is 0 Å². The van der Waals surface area contributed by atoms with E-state index in [1.807, 2.05) is 24.3 Å². The summed E-state index contributed by atoms with van der Waals surface area (Å²) < 4.78 is 25.4. The fourth-order valence-electron chi connectivity index (χ4n) is 3.88. The number of anilines is 1. The number of fused-ring (bicyclic) bond motifs is 1. The van der Waals surface area contributed by atoms with Crippen LogP contribution in [0.1, 0.15) is 38.1 Å². The number of nitrogens with one attached hydrogen (secondary N) is 1. The highest BCUT2D eigenvalue weighted by atomic mass is 32.2. The Morgan fingerprint density at radius 2 is 1.92 bits per heavy atom. The molecule has 24 heavy (non-hydrogen) atoms. The summed E-state index contributed by atoms with van der Waals surface area (Å²) in [5, 5.41) is 2.91. The number of sulfone groups is 1. The van der Waals surface area contributed by atoms with E-state index >= 15 is 0 Å². The molecule has 4 rings (SSSR count). The van der Waals surface area contributed by atoms with E-state index in [0.29, 0.717) is 18.4 Å². The molecule has 0 bridgehead atoms. The molecule has 1 aromatic carbocycles. The smallest absolute Gasteiger partial charge is 0.230 e. The van der Waals surface area contributed by atoms with Gasteiger partial charge in [-0.3, -0.25) is 10.1 Å². The maximum atomic E-state index is 12.5. The first kappa shape index (κ1) is 15.6. The van der Waals surface area contributed by atoms with Crippen LogP contribution in [0, 0.1) is 5.92 Å². The van der Waals surface area contributed by atoms with Crippen LogP contribution in [-0.4, -0.2) is 35.4 Å². The summed E-state index contributed by atoms with van der Waals surface area (Å²) in [5.41, 5.74) is 1.89. The number of imidazole rings is 1. The Labute approximate surface area is 141 Å². The molecule has 2 aliphatic rings. The molecule has 1 saturated heterocycles. The monoisotopic (exact) mass is 347 g/mol. The molecule has 1 amide bonds. The lowest BCUT2D eigenvalue weighted by molar-refractivity contribution is -0.119. The first-order chi connectivity index (χ1) is 11.5. The SMILES string of the molecule is O=C(Nc1nc2ccccc2n1C1CCCC1)C1CCS(=O)(=O)C1. The Morgan fingerprint density at radius 1 is 1.17 bits per heavy atom. The van der Waals surface area contributed by atoms with Crippen molar-refractivity contribution in [3.05, 3.63) is 24.3 Å². The summed E-state index contributed by atoms with van der Waals surface area (Å²) in [6.45, 7) is 0. The molecule has 1 unspecified atom stereocenters. The standard InChI is InChI=1S/C17H21N3O3S/c21-16(12-9-10-24(22,23)11-12)19-17-18-14-7-3-4-8-15(14)20(17)13-5-1-2-6-13/h3-4,7-8,12-13H,1-2,5-6,9-11H2,(H,18,19,21). The van der Waals surface area contributed by atoms with Crippen LogP contribution in [0.5, 0.6) is 0 Å². The second-order valence-corrected chi connectivity index (χ2v) is 9.05. The molecular formula is C17H21N3O3S. The topological polar surface area (TPSA) is 81.1 Å². The Morgan fingerprint density at radius 3 is 2.62 bits per heavy atom. The maximum Gasteiger partial charge on any atom is 0.230 e. The minimum absolute atomic E-state index is 0.0531. The summed E-state index contributed by atoms with van der Waals surface area (Å²) >= 11 is 0. The molecule has 1 N–H and O–H groups in total. The second-order valence-electron chi connectivity index (χ2n) is 6.82. The third-order valence-electron chi connectivity index (χ3n) is 5.12. The third kappa shape index (κ3) is 2.81. The Balaban J connectivity index is 1.66. The molecular weight excluding hydrogens is 326 g/mol. The molecule has 1 atom stereocenters. The molecule has 0 radical (unpaired) electrons. The Bertz CT molecular complexity index is 882. The van der Waals surface area contributed by atoms with Crippen molar-refractivity contribution in [3.63, 3.8) is 0 Å². The van der Waals surface area contributed by atoms with Gasteiger partial charge in [0.2, 0.25) is 11.9 Å². The Kier molecular flexibility index (Phi) is 3.83. The van der Waals surface area contributed by atoms with Crippen LogP contribution in [0.15, 0.2) is 24.3 Å². The fourth-order valence-corrected chi connectivity index (χ4v) is 5.62. The third-order valence-corrected chi connectivity index (χ3v) is 6.89. The molecule has 1 aromatic heterocycles. The van der Waals surface area contributed by atoms with Crippen molar-refractivity contribution in [2.24, 2.45) is 5.92 Å². The number of hydrogen-bond donors (Lipinski definition) is 1. The molecule has 1 aliphatic heterocycles. The number of carbonyl (C=O) groups excluding carboxylic acids is 1. The van der Waals surface area contributed by atoms with Crippen molar-refractivity contribution in [2.75, 3.05) is 16.8 Å². The van der Waals surface area contributed by atoms with Gasteiger partial charge < -0.3 is 4.57 Å². The number of carbonyl (C=O) groups is 1. The number of aromatic nitrogens is 2. The average Bonchev–Trinajstić information content (AvgIpc) is 3.24. The van der Waals surface area contributed by atoms with Crippen molar-refractivity contribution in [2.45, 2.75) is 38.1 Å². The van der Waals surface area contributed by atoms with Gasteiger partial charge in [-0.15, -0.1) is 0 Å². The number of hydrogen-bond acceptors (Lipinski definition) is 4. The van der Waals surface area contributed by atoms with Gasteiger partial charge in [0.25, 0.3) is 0 Å². The van der Waals surface area contributed by atoms with Crippen LogP contribution in [0.3, 0.4) is 0 Å². The molecule has 1 aliphatic carbocycles. The normalized spacial score (nSPS) is 23.8. The van der Waals surface area contributed by atoms with E-state index in [0.717, 1.165) is 23.9 Å². The van der Waals surface area contributed by atoms with Gasteiger partial charge in [0.15, 0.2) is 9.84 Å². The van der Waals surface area contributed by atoms with E-state index < -0.39 is 15.8 Å².